The van der Waals surface area contributed by atoms with Gasteiger partial charge in [0.05, 0.1) is 0 Å². The van der Waals surface area contributed by atoms with Crippen LogP contribution in [0.3, 0.4) is 0 Å². The average Bonchev–Trinajstić information content (AvgIpc) is 3.09. The van der Waals surface area contributed by atoms with E-state index in [9.17, 15) is 0 Å². The van der Waals surface area contributed by atoms with Gasteiger partial charge in [-0.1, -0.05) is 205 Å². The molecule has 0 saturated carbocycles. The van der Waals surface area contributed by atoms with Gasteiger partial charge in [-0.15, -0.1) is 26.3 Å². The van der Waals surface area contributed by atoms with Gasteiger partial charge in [0.25, 0.3) is 0 Å². The molecule has 0 aromatic rings. The van der Waals surface area contributed by atoms with E-state index >= 15 is 0 Å². The van der Waals surface area contributed by atoms with Crippen molar-refractivity contribution in [3.63, 3.8) is 0 Å². The Hall–Kier alpha value is -0.332. The molecule has 0 unspecified atom stereocenters. The minimum Gasteiger partial charge on any atom is -0.409 e. The summed E-state index contributed by atoms with van der Waals surface area (Å²) >= 11 is 0. The molecule has 0 bridgehead atoms. The Balaban J connectivity index is 3.49. The molecule has 0 aromatic heterocycles. The van der Waals surface area contributed by atoms with Crippen LogP contribution in [0.4, 0.5) is 0 Å². The van der Waals surface area contributed by atoms with Crippen molar-refractivity contribution in [3.8, 4) is 0 Å². The highest BCUT2D eigenvalue weighted by molar-refractivity contribution is 6.99. The summed E-state index contributed by atoms with van der Waals surface area (Å²) in [6, 6.07) is 3.59. The molecule has 0 aromatic carbocycles. The topological polar surface area (TPSA) is 36.9 Å². The number of unbranched alkanes of at least 4 members (excludes halogenated alkanes) is 20. The number of hydrogen-bond donors (Lipinski definition) is 0. The molecular weight excluding hydrogens is 657 g/mol. The van der Waals surface area contributed by atoms with Gasteiger partial charge in [-0.3, -0.25) is 0 Å². The van der Waals surface area contributed by atoms with Crippen molar-refractivity contribution in [1.82, 2.24) is 0 Å². The predicted octanol–water partition coefficient (Wildman–Crippen LogP) is 14.2. The van der Waals surface area contributed by atoms with Crippen molar-refractivity contribution in [1.29, 1.82) is 0 Å². The Morgan fingerprint density at radius 2 is 0.458 bits per heavy atom. The molecule has 0 spiro atoms. The Bertz CT molecular complexity index is 707. The molecule has 8 heteroatoms. The Labute approximate surface area is 304 Å². The lowest BCUT2D eigenvalue weighted by Crippen LogP contribution is -2.68. The fraction of sp³-hybridized carbons (Fsp3) is 0.800. The minimum absolute atomic E-state index is 0.896. The van der Waals surface area contributed by atoms with Crippen LogP contribution < -0.4 is 0 Å². The molecule has 4 nitrogen and oxygen atoms in total. The summed E-state index contributed by atoms with van der Waals surface area (Å²) in [4.78, 5) is 0. The van der Waals surface area contributed by atoms with Crippen LogP contribution in [0.2, 0.25) is 24.2 Å². The standard InChI is InChI=1S/C40H80O4Si4/c1-9-17-21-25-29-33-37-45(13-5)41-46(14-6,38-34-30-26-22-18-10-2)43-48(16-8,40-36-32-28-24-20-12-4)44-47(15-7,42-45)39-35-31-27-23-19-11-3/h13-16H,5-12,17-40H2,1-4H3. The molecule has 280 valence electrons. The van der Waals surface area contributed by atoms with E-state index in [0.717, 1.165) is 49.9 Å². The second kappa shape index (κ2) is 27.3. The van der Waals surface area contributed by atoms with Gasteiger partial charge in [0.1, 0.15) is 0 Å². The summed E-state index contributed by atoms with van der Waals surface area (Å²) in [5.74, 6) is 0. The first-order valence-corrected chi connectivity index (χ1v) is 29.1. The summed E-state index contributed by atoms with van der Waals surface area (Å²) in [5.41, 5.74) is 8.28. The van der Waals surface area contributed by atoms with Crippen LogP contribution in [0.15, 0.2) is 49.1 Å². The van der Waals surface area contributed by atoms with Crippen molar-refractivity contribution in [2.75, 3.05) is 0 Å². The molecule has 0 radical (unpaired) electrons. The lowest BCUT2D eigenvalue weighted by atomic mass is 10.1. The smallest absolute Gasteiger partial charge is 0.347 e. The second-order valence-electron chi connectivity index (χ2n) is 14.5. The minimum atomic E-state index is -2.93. The van der Waals surface area contributed by atoms with E-state index < -0.39 is 34.2 Å². The zero-order valence-electron chi connectivity index (χ0n) is 32.6. The maximum Gasteiger partial charge on any atom is 0.347 e. The zero-order valence-corrected chi connectivity index (χ0v) is 36.6. The quantitative estimate of drug-likeness (QED) is 0.0509. The second-order valence-corrected chi connectivity index (χ2v) is 27.9. The van der Waals surface area contributed by atoms with E-state index in [0.29, 0.717) is 0 Å². The van der Waals surface area contributed by atoms with Crippen molar-refractivity contribution < 1.29 is 16.5 Å². The first-order chi connectivity index (χ1) is 23.3. The first-order valence-electron chi connectivity index (χ1n) is 20.7. The lowest BCUT2D eigenvalue weighted by Gasteiger charge is -2.51. The molecule has 0 N–H and O–H groups in total. The van der Waals surface area contributed by atoms with E-state index in [1.54, 1.807) is 0 Å². The van der Waals surface area contributed by atoms with Gasteiger partial charge in [-0.05, 0) is 24.2 Å². The molecule has 0 aliphatic carbocycles. The van der Waals surface area contributed by atoms with Gasteiger partial charge in [-0.25, -0.2) is 0 Å². The molecule has 1 aliphatic heterocycles. The van der Waals surface area contributed by atoms with E-state index in [1.807, 2.05) is 0 Å². The molecule has 1 heterocycles. The highest BCUT2D eigenvalue weighted by atomic mass is 28.5. The maximum atomic E-state index is 7.54. The van der Waals surface area contributed by atoms with E-state index in [4.69, 9.17) is 16.5 Å². The molecule has 48 heavy (non-hydrogen) atoms. The van der Waals surface area contributed by atoms with Gasteiger partial charge in [0, 0.05) is 0 Å². The molecule has 1 fully saturated rings. The van der Waals surface area contributed by atoms with Crippen molar-refractivity contribution >= 4 is 34.2 Å². The first kappa shape index (κ1) is 45.7. The van der Waals surface area contributed by atoms with Crippen LogP contribution in [0, 0.1) is 0 Å². The van der Waals surface area contributed by atoms with Crippen molar-refractivity contribution in [2.24, 2.45) is 0 Å². The fourth-order valence-corrected chi connectivity index (χ4v) is 28.3. The third-order valence-corrected chi connectivity index (χ3v) is 27.9. The van der Waals surface area contributed by atoms with Gasteiger partial charge >= 0.3 is 34.2 Å². The number of hydrogen-bond acceptors (Lipinski definition) is 4. The van der Waals surface area contributed by atoms with Gasteiger partial charge in [0.2, 0.25) is 0 Å². The third kappa shape index (κ3) is 17.7. The number of rotatable bonds is 32. The Kier molecular flexibility index (Phi) is 26.0. The average molecular weight is 737 g/mol. The van der Waals surface area contributed by atoms with E-state index in [-0.39, 0.29) is 0 Å². The fourth-order valence-electron chi connectivity index (χ4n) is 7.01. The molecule has 1 aliphatic rings. The SMILES string of the molecule is C=C[Si]1(CCCCCCCC)O[Si](C=C)(CCCCCCCC)O[Si](C=C)(CCCCCCCC)O[Si](C=C)(CCCCCCCC)O1. The zero-order chi connectivity index (χ0) is 35.5. The van der Waals surface area contributed by atoms with Crippen LogP contribution in [0.5, 0.6) is 0 Å². The monoisotopic (exact) mass is 737 g/mol. The molecule has 1 saturated heterocycles. The summed E-state index contributed by atoms with van der Waals surface area (Å²) in [5, 5.41) is 0. The van der Waals surface area contributed by atoms with Crippen LogP contribution >= 0.6 is 0 Å². The van der Waals surface area contributed by atoms with Crippen molar-refractivity contribution in [2.45, 2.75) is 206 Å². The maximum absolute atomic E-state index is 7.54. The van der Waals surface area contributed by atoms with Gasteiger partial charge < -0.3 is 16.5 Å². The van der Waals surface area contributed by atoms with Crippen LogP contribution in [-0.4, -0.2) is 34.2 Å². The van der Waals surface area contributed by atoms with E-state index in [1.165, 1.54) is 128 Å². The molecule has 0 atom stereocenters. The Morgan fingerprint density at radius 1 is 0.292 bits per heavy atom. The van der Waals surface area contributed by atoms with Gasteiger partial charge in [-0.2, -0.15) is 0 Å². The van der Waals surface area contributed by atoms with Crippen LogP contribution in [0.25, 0.3) is 0 Å². The van der Waals surface area contributed by atoms with E-state index in [2.05, 4.69) is 76.8 Å². The molecule has 0 amide bonds. The van der Waals surface area contributed by atoms with Crippen LogP contribution in [0.1, 0.15) is 182 Å². The largest absolute Gasteiger partial charge is 0.409 e. The highest BCUT2D eigenvalue weighted by Gasteiger charge is 2.59. The summed E-state index contributed by atoms with van der Waals surface area (Å²) in [6.07, 6.45) is 29.6. The highest BCUT2D eigenvalue weighted by Crippen LogP contribution is 2.41. The normalized spacial score (nSPS) is 26.1. The predicted molar refractivity (Wildman–Crippen MR) is 221 cm³/mol. The van der Waals surface area contributed by atoms with Crippen molar-refractivity contribution in [3.05, 3.63) is 49.1 Å². The Morgan fingerprint density at radius 3 is 0.625 bits per heavy atom. The summed E-state index contributed by atoms with van der Waals surface area (Å²) in [7, 11) is -11.7. The van der Waals surface area contributed by atoms with Crippen LogP contribution in [-0.2, 0) is 16.5 Å². The summed E-state index contributed by atoms with van der Waals surface area (Å²) < 4.78 is 30.2. The van der Waals surface area contributed by atoms with Gasteiger partial charge in [0.15, 0.2) is 0 Å². The lowest BCUT2D eigenvalue weighted by molar-refractivity contribution is 0.231. The molecule has 1 rings (SSSR count). The molecular formula is C40H80O4Si4. The third-order valence-electron chi connectivity index (χ3n) is 10.1. The summed E-state index contributed by atoms with van der Waals surface area (Å²) in [6.45, 7) is 26.8.